The molecule has 0 fully saturated rings. The van der Waals surface area contributed by atoms with E-state index in [2.05, 4.69) is 53.8 Å². The molecule has 2 unspecified atom stereocenters. The lowest BCUT2D eigenvalue weighted by Gasteiger charge is -2.36. The van der Waals surface area contributed by atoms with Crippen molar-refractivity contribution in [3.05, 3.63) is 15.6 Å². The van der Waals surface area contributed by atoms with Gasteiger partial charge in [0.15, 0.2) is 0 Å². The molecule has 1 N–H and O–H groups in total. The van der Waals surface area contributed by atoms with Crippen LogP contribution in [0.25, 0.3) is 0 Å². The lowest BCUT2D eigenvalue weighted by Crippen LogP contribution is -2.48. The van der Waals surface area contributed by atoms with Gasteiger partial charge in [0, 0.05) is 10.9 Å². The van der Waals surface area contributed by atoms with E-state index in [-0.39, 0.29) is 5.54 Å². The third-order valence-electron chi connectivity index (χ3n) is 3.66. The van der Waals surface area contributed by atoms with Gasteiger partial charge in [-0.3, -0.25) is 0 Å². The Morgan fingerprint density at radius 3 is 2.24 bits per heavy atom. The minimum atomic E-state index is -0.00734. The zero-order valence-electron chi connectivity index (χ0n) is 12.2. The first-order valence-electron chi connectivity index (χ1n) is 6.53. The van der Waals surface area contributed by atoms with Gasteiger partial charge in [-0.1, -0.05) is 20.3 Å². The van der Waals surface area contributed by atoms with Gasteiger partial charge < -0.3 is 5.32 Å². The van der Waals surface area contributed by atoms with Gasteiger partial charge in [0.1, 0.15) is 5.01 Å². The monoisotopic (exact) mass is 254 g/mol. The third kappa shape index (κ3) is 3.08. The number of rotatable bonds is 5. The maximum absolute atomic E-state index is 4.76. The van der Waals surface area contributed by atoms with Crippen LogP contribution in [-0.2, 0) is 5.54 Å². The Kier molecular flexibility index (Phi) is 4.73. The van der Waals surface area contributed by atoms with Gasteiger partial charge in [-0.05, 0) is 40.5 Å². The quantitative estimate of drug-likeness (QED) is 0.858. The third-order valence-corrected chi connectivity index (χ3v) is 4.97. The highest BCUT2D eigenvalue weighted by molar-refractivity contribution is 7.11. The van der Waals surface area contributed by atoms with Crippen LogP contribution in [-0.4, -0.2) is 11.0 Å². The summed E-state index contributed by atoms with van der Waals surface area (Å²) in [6, 6.07) is 0.471. The van der Waals surface area contributed by atoms with E-state index in [0.29, 0.717) is 12.0 Å². The first-order valence-corrected chi connectivity index (χ1v) is 7.35. The van der Waals surface area contributed by atoms with Crippen LogP contribution in [0, 0.1) is 19.8 Å². The molecule has 1 aromatic rings. The van der Waals surface area contributed by atoms with Gasteiger partial charge in [-0.25, -0.2) is 4.98 Å². The summed E-state index contributed by atoms with van der Waals surface area (Å²) >= 11 is 1.83. The first-order chi connectivity index (χ1) is 7.81. The van der Waals surface area contributed by atoms with E-state index in [9.17, 15) is 0 Å². The average molecular weight is 254 g/mol. The normalized spacial score (nSPS) is 17.2. The Hall–Kier alpha value is -0.410. The zero-order chi connectivity index (χ0) is 13.2. The molecule has 0 saturated carbocycles. The molecule has 2 nitrogen and oxygen atoms in total. The maximum Gasteiger partial charge on any atom is 0.113 e. The molecule has 0 aliphatic rings. The molecule has 1 rings (SSSR count). The lowest BCUT2D eigenvalue weighted by molar-refractivity contribution is 0.223. The minimum Gasteiger partial charge on any atom is -0.303 e. The van der Waals surface area contributed by atoms with Crippen molar-refractivity contribution in [2.24, 2.45) is 5.92 Å². The molecule has 0 aromatic carbocycles. The van der Waals surface area contributed by atoms with Crippen molar-refractivity contribution in [3.8, 4) is 0 Å². The lowest BCUT2D eigenvalue weighted by atomic mass is 9.85. The van der Waals surface area contributed by atoms with Crippen LogP contribution < -0.4 is 5.32 Å². The van der Waals surface area contributed by atoms with E-state index < -0.39 is 0 Å². The molecule has 2 atom stereocenters. The summed E-state index contributed by atoms with van der Waals surface area (Å²) in [7, 11) is 0. The average Bonchev–Trinajstić information content (AvgIpc) is 2.57. The summed E-state index contributed by atoms with van der Waals surface area (Å²) in [6.07, 6.45) is 1.16. The summed E-state index contributed by atoms with van der Waals surface area (Å²) in [5.41, 5.74) is 1.16. The van der Waals surface area contributed by atoms with E-state index in [1.807, 2.05) is 11.3 Å². The van der Waals surface area contributed by atoms with Gasteiger partial charge in [-0.2, -0.15) is 0 Å². The molecule has 0 aliphatic carbocycles. The molecule has 1 aromatic heterocycles. The van der Waals surface area contributed by atoms with Crippen LogP contribution in [0.5, 0.6) is 0 Å². The Morgan fingerprint density at radius 2 is 1.88 bits per heavy atom. The Balaban J connectivity index is 3.13. The summed E-state index contributed by atoms with van der Waals surface area (Å²) in [6.45, 7) is 15.5. The Bertz CT molecular complexity index is 351. The topological polar surface area (TPSA) is 24.9 Å². The van der Waals surface area contributed by atoms with Crippen LogP contribution in [0.15, 0.2) is 0 Å². The number of aryl methyl sites for hydroxylation is 2. The molecule has 0 radical (unpaired) electrons. The van der Waals surface area contributed by atoms with E-state index in [0.717, 1.165) is 6.42 Å². The highest BCUT2D eigenvalue weighted by Gasteiger charge is 2.35. The van der Waals surface area contributed by atoms with E-state index >= 15 is 0 Å². The molecular weight excluding hydrogens is 228 g/mol. The summed E-state index contributed by atoms with van der Waals surface area (Å²) in [5, 5.41) is 4.94. The first kappa shape index (κ1) is 14.7. The predicted octanol–water partition coefficient (Wildman–Crippen LogP) is 4.02. The van der Waals surface area contributed by atoms with Gasteiger partial charge in [0.25, 0.3) is 0 Å². The van der Waals surface area contributed by atoms with Gasteiger partial charge in [-0.15, -0.1) is 11.3 Å². The van der Waals surface area contributed by atoms with Crippen molar-refractivity contribution in [2.45, 2.75) is 66.5 Å². The molecule has 0 bridgehead atoms. The second-order valence-electron chi connectivity index (χ2n) is 5.47. The molecule has 0 aliphatic heterocycles. The standard InChI is InChI=1S/C14H26N2S/c1-8-10(4)14(7,16-9(2)3)13-15-11(5)12(6)17-13/h9-10,16H,8H2,1-7H3. The van der Waals surface area contributed by atoms with Crippen LogP contribution in [0.4, 0.5) is 0 Å². The zero-order valence-corrected chi connectivity index (χ0v) is 13.0. The Labute approximate surface area is 110 Å². The Morgan fingerprint density at radius 1 is 1.29 bits per heavy atom. The molecular formula is C14H26N2S. The second-order valence-corrected chi connectivity index (χ2v) is 6.67. The summed E-state index contributed by atoms with van der Waals surface area (Å²) in [4.78, 5) is 6.09. The smallest absolute Gasteiger partial charge is 0.113 e. The van der Waals surface area contributed by atoms with Crippen molar-refractivity contribution < 1.29 is 0 Å². The highest BCUT2D eigenvalue weighted by Crippen LogP contribution is 2.35. The number of aromatic nitrogens is 1. The molecule has 0 saturated heterocycles. The number of nitrogens with one attached hydrogen (secondary N) is 1. The fraction of sp³-hybridized carbons (Fsp3) is 0.786. The molecule has 0 spiro atoms. The van der Waals surface area contributed by atoms with Crippen molar-refractivity contribution in [1.29, 1.82) is 0 Å². The van der Waals surface area contributed by atoms with Crippen LogP contribution in [0.1, 0.15) is 56.6 Å². The van der Waals surface area contributed by atoms with E-state index in [1.165, 1.54) is 15.6 Å². The van der Waals surface area contributed by atoms with Crippen molar-refractivity contribution in [2.75, 3.05) is 0 Å². The van der Waals surface area contributed by atoms with Gasteiger partial charge >= 0.3 is 0 Å². The van der Waals surface area contributed by atoms with Crippen molar-refractivity contribution >= 4 is 11.3 Å². The van der Waals surface area contributed by atoms with Crippen molar-refractivity contribution in [1.82, 2.24) is 10.3 Å². The van der Waals surface area contributed by atoms with E-state index in [1.54, 1.807) is 0 Å². The second kappa shape index (κ2) is 5.49. The summed E-state index contributed by atoms with van der Waals surface area (Å²) < 4.78 is 0. The fourth-order valence-electron chi connectivity index (χ4n) is 2.12. The molecule has 3 heteroatoms. The number of thiazole rings is 1. The van der Waals surface area contributed by atoms with Crippen LogP contribution >= 0.6 is 11.3 Å². The van der Waals surface area contributed by atoms with Crippen LogP contribution in [0.3, 0.4) is 0 Å². The van der Waals surface area contributed by atoms with Gasteiger partial charge in [0.2, 0.25) is 0 Å². The van der Waals surface area contributed by atoms with E-state index in [4.69, 9.17) is 4.98 Å². The summed E-state index contributed by atoms with van der Waals surface area (Å²) in [5.74, 6) is 0.579. The molecule has 17 heavy (non-hydrogen) atoms. The fourth-order valence-corrected chi connectivity index (χ4v) is 3.26. The minimum absolute atomic E-state index is 0.00734. The number of hydrogen-bond donors (Lipinski definition) is 1. The highest BCUT2D eigenvalue weighted by atomic mass is 32.1. The molecule has 1 heterocycles. The molecule has 98 valence electrons. The molecule has 0 amide bonds. The van der Waals surface area contributed by atoms with Gasteiger partial charge in [0.05, 0.1) is 11.2 Å². The maximum atomic E-state index is 4.76. The SMILES string of the molecule is CCC(C)C(C)(NC(C)C)c1nc(C)c(C)s1. The van der Waals surface area contributed by atoms with Crippen LogP contribution in [0.2, 0.25) is 0 Å². The number of nitrogens with zero attached hydrogens (tertiary/aromatic N) is 1. The number of hydrogen-bond acceptors (Lipinski definition) is 3. The predicted molar refractivity (Wildman–Crippen MR) is 76.7 cm³/mol. The van der Waals surface area contributed by atoms with Crippen molar-refractivity contribution in [3.63, 3.8) is 0 Å². The largest absolute Gasteiger partial charge is 0.303 e.